The van der Waals surface area contributed by atoms with Crippen molar-refractivity contribution in [1.29, 1.82) is 0 Å². The zero-order valence-corrected chi connectivity index (χ0v) is 11.0. The molecule has 1 atom stereocenters. The summed E-state index contributed by atoms with van der Waals surface area (Å²) >= 11 is 5.92. The highest BCUT2D eigenvalue weighted by Gasteiger charge is 2.25. The maximum Gasteiger partial charge on any atom is 0.119 e. The standard InChI is InChI=1S/C13H19ClO2/c1-9(2)13(4,15)8-16-11-5-6-12(14)10(3)7-11/h5-7,9,15H,8H2,1-4H3. The van der Waals surface area contributed by atoms with E-state index in [4.69, 9.17) is 16.3 Å². The second-order valence-corrected chi connectivity index (χ2v) is 5.12. The molecule has 0 aromatic heterocycles. The molecule has 0 amide bonds. The van der Waals surface area contributed by atoms with E-state index in [2.05, 4.69) is 0 Å². The van der Waals surface area contributed by atoms with Gasteiger partial charge in [-0.25, -0.2) is 0 Å². The van der Waals surface area contributed by atoms with Gasteiger partial charge in [0.25, 0.3) is 0 Å². The Bertz CT molecular complexity index is 359. The lowest BCUT2D eigenvalue weighted by molar-refractivity contribution is -0.0266. The molecule has 0 fully saturated rings. The molecule has 0 aliphatic rings. The summed E-state index contributed by atoms with van der Waals surface area (Å²) in [4.78, 5) is 0. The van der Waals surface area contributed by atoms with Gasteiger partial charge in [-0.2, -0.15) is 0 Å². The summed E-state index contributed by atoms with van der Waals surface area (Å²) in [7, 11) is 0. The normalized spacial score (nSPS) is 14.9. The summed E-state index contributed by atoms with van der Waals surface area (Å²) < 4.78 is 5.56. The fourth-order valence-electron chi connectivity index (χ4n) is 1.10. The first kappa shape index (κ1) is 13.3. The summed E-state index contributed by atoms with van der Waals surface area (Å²) in [6.07, 6.45) is 0. The molecule has 0 spiro atoms. The smallest absolute Gasteiger partial charge is 0.119 e. The quantitative estimate of drug-likeness (QED) is 0.877. The van der Waals surface area contributed by atoms with Gasteiger partial charge in [0.1, 0.15) is 12.4 Å². The molecule has 0 radical (unpaired) electrons. The van der Waals surface area contributed by atoms with E-state index in [0.717, 1.165) is 16.3 Å². The van der Waals surface area contributed by atoms with E-state index >= 15 is 0 Å². The molecule has 1 rings (SSSR count). The van der Waals surface area contributed by atoms with Crippen molar-refractivity contribution in [2.75, 3.05) is 6.61 Å². The Kier molecular flexibility index (Phi) is 4.22. The first-order chi connectivity index (χ1) is 7.33. The Morgan fingerprint density at radius 1 is 1.44 bits per heavy atom. The Morgan fingerprint density at radius 2 is 2.06 bits per heavy atom. The van der Waals surface area contributed by atoms with Crippen LogP contribution in [0.15, 0.2) is 18.2 Å². The molecule has 0 aliphatic carbocycles. The number of ether oxygens (including phenoxy) is 1. The van der Waals surface area contributed by atoms with Gasteiger partial charge in [0.15, 0.2) is 0 Å². The molecular weight excluding hydrogens is 224 g/mol. The van der Waals surface area contributed by atoms with Crippen LogP contribution in [0.5, 0.6) is 5.75 Å². The number of halogens is 1. The van der Waals surface area contributed by atoms with Gasteiger partial charge < -0.3 is 9.84 Å². The van der Waals surface area contributed by atoms with Gasteiger partial charge in [-0.05, 0) is 43.5 Å². The third-order valence-electron chi connectivity index (χ3n) is 2.90. The third-order valence-corrected chi connectivity index (χ3v) is 3.33. The fraction of sp³-hybridized carbons (Fsp3) is 0.538. The Morgan fingerprint density at radius 3 is 2.56 bits per heavy atom. The topological polar surface area (TPSA) is 29.5 Å². The molecular formula is C13H19ClO2. The third kappa shape index (κ3) is 3.39. The lowest BCUT2D eigenvalue weighted by atomic mass is 9.94. The minimum absolute atomic E-state index is 0.154. The monoisotopic (exact) mass is 242 g/mol. The molecule has 90 valence electrons. The molecule has 3 heteroatoms. The Hall–Kier alpha value is -0.730. The predicted molar refractivity (Wildman–Crippen MR) is 67.1 cm³/mol. The molecule has 0 bridgehead atoms. The van der Waals surface area contributed by atoms with Gasteiger partial charge in [0.2, 0.25) is 0 Å². The van der Waals surface area contributed by atoms with E-state index in [1.165, 1.54) is 0 Å². The van der Waals surface area contributed by atoms with Crippen molar-refractivity contribution >= 4 is 11.6 Å². The highest BCUT2D eigenvalue weighted by Crippen LogP contribution is 2.23. The van der Waals surface area contributed by atoms with Crippen molar-refractivity contribution in [3.8, 4) is 5.75 Å². The van der Waals surface area contributed by atoms with Crippen molar-refractivity contribution in [1.82, 2.24) is 0 Å². The predicted octanol–water partition coefficient (Wildman–Crippen LogP) is 3.43. The van der Waals surface area contributed by atoms with Gasteiger partial charge in [0.05, 0.1) is 5.60 Å². The van der Waals surface area contributed by atoms with Gasteiger partial charge in [0, 0.05) is 5.02 Å². The summed E-state index contributed by atoms with van der Waals surface area (Å²) in [6, 6.07) is 5.49. The minimum Gasteiger partial charge on any atom is -0.491 e. The van der Waals surface area contributed by atoms with Crippen LogP contribution in [0.2, 0.25) is 5.02 Å². The van der Waals surface area contributed by atoms with Crippen LogP contribution >= 0.6 is 11.6 Å². The molecule has 0 saturated heterocycles. The van der Waals surface area contributed by atoms with Crippen LogP contribution in [0.1, 0.15) is 26.3 Å². The highest BCUT2D eigenvalue weighted by molar-refractivity contribution is 6.31. The van der Waals surface area contributed by atoms with Crippen LogP contribution in [0, 0.1) is 12.8 Å². The van der Waals surface area contributed by atoms with Gasteiger partial charge >= 0.3 is 0 Å². The Balaban J connectivity index is 2.65. The molecule has 1 N–H and O–H groups in total. The van der Waals surface area contributed by atoms with Crippen LogP contribution in [-0.4, -0.2) is 17.3 Å². The van der Waals surface area contributed by atoms with Crippen LogP contribution in [-0.2, 0) is 0 Å². The molecule has 1 unspecified atom stereocenters. The molecule has 0 aliphatic heterocycles. The SMILES string of the molecule is Cc1cc(OCC(C)(O)C(C)C)ccc1Cl. The second-order valence-electron chi connectivity index (χ2n) is 4.71. The summed E-state index contributed by atoms with van der Waals surface area (Å²) in [5.74, 6) is 0.892. The number of aliphatic hydroxyl groups is 1. The van der Waals surface area contributed by atoms with Crippen LogP contribution in [0.4, 0.5) is 0 Å². The fourth-order valence-corrected chi connectivity index (χ4v) is 1.22. The van der Waals surface area contributed by atoms with Gasteiger partial charge in [-0.1, -0.05) is 25.4 Å². The highest BCUT2D eigenvalue weighted by atomic mass is 35.5. The lowest BCUT2D eigenvalue weighted by Crippen LogP contribution is -2.37. The van der Waals surface area contributed by atoms with Crippen LogP contribution < -0.4 is 4.74 Å². The van der Waals surface area contributed by atoms with Crippen molar-refractivity contribution in [3.63, 3.8) is 0 Å². The maximum atomic E-state index is 10.0. The Labute approximate surface area is 102 Å². The summed E-state index contributed by atoms with van der Waals surface area (Å²) in [5, 5.41) is 10.8. The minimum atomic E-state index is -0.812. The molecule has 2 nitrogen and oxygen atoms in total. The zero-order chi connectivity index (χ0) is 12.3. The number of benzene rings is 1. The van der Waals surface area contributed by atoms with Crippen molar-refractivity contribution < 1.29 is 9.84 Å². The van der Waals surface area contributed by atoms with Gasteiger partial charge in [-0.15, -0.1) is 0 Å². The molecule has 1 aromatic carbocycles. The number of hydrogen-bond acceptors (Lipinski definition) is 2. The van der Waals surface area contributed by atoms with Crippen LogP contribution in [0.3, 0.4) is 0 Å². The maximum absolute atomic E-state index is 10.0. The average Bonchev–Trinajstić information content (AvgIpc) is 2.20. The van der Waals surface area contributed by atoms with E-state index < -0.39 is 5.60 Å². The van der Waals surface area contributed by atoms with Crippen molar-refractivity contribution in [2.45, 2.75) is 33.3 Å². The van der Waals surface area contributed by atoms with Crippen molar-refractivity contribution in [3.05, 3.63) is 28.8 Å². The molecule has 0 saturated carbocycles. The average molecular weight is 243 g/mol. The lowest BCUT2D eigenvalue weighted by Gasteiger charge is -2.27. The first-order valence-electron chi connectivity index (χ1n) is 5.44. The summed E-state index contributed by atoms with van der Waals surface area (Å²) in [5.41, 5.74) is 0.163. The molecule has 1 aromatic rings. The number of aryl methyl sites for hydroxylation is 1. The van der Waals surface area contributed by atoms with E-state index in [9.17, 15) is 5.11 Å². The van der Waals surface area contributed by atoms with Gasteiger partial charge in [-0.3, -0.25) is 0 Å². The molecule has 16 heavy (non-hydrogen) atoms. The van der Waals surface area contributed by atoms with E-state index in [-0.39, 0.29) is 12.5 Å². The summed E-state index contributed by atoms with van der Waals surface area (Å²) in [6.45, 7) is 7.93. The first-order valence-corrected chi connectivity index (χ1v) is 5.82. The second kappa shape index (κ2) is 5.07. The molecule has 0 heterocycles. The number of rotatable bonds is 4. The number of hydrogen-bond donors (Lipinski definition) is 1. The van der Waals surface area contributed by atoms with E-state index in [1.807, 2.05) is 32.9 Å². The van der Waals surface area contributed by atoms with E-state index in [0.29, 0.717) is 0 Å². The van der Waals surface area contributed by atoms with Crippen molar-refractivity contribution in [2.24, 2.45) is 5.92 Å². The van der Waals surface area contributed by atoms with Crippen LogP contribution in [0.25, 0.3) is 0 Å². The van der Waals surface area contributed by atoms with E-state index in [1.54, 1.807) is 13.0 Å². The largest absolute Gasteiger partial charge is 0.491 e. The zero-order valence-electron chi connectivity index (χ0n) is 10.2.